The molecular formula is C29H25BrO6. The van der Waals surface area contributed by atoms with Crippen LogP contribution >= 0.6 is 15.9 Å². The SMILES string of the molecule is COc1ccc(C=CC(=O)c2ccc(OC)c3c2OC(C)(C)C=C3)cc1OC(=O)c1ccc(Br)cc1. The first-order valence-electron chi connectivity index (χ1n) is 11.2. The largest absolute Gasteiger partial charge is 0.496 e. The van der Waals surface area contributed by atoms with E-state index >= 15 is 0 Å². The standard InChI is InChI=1S/C29H25BrO6/c1-29(2)16-15-22-24(33-3)14-11-21(27(22)36-29)23(31)12-5-18-6-13-25(34-4)26(17-18)35-28(32)19-7-9-20(30)10-8-19/h5-17H,1-4H3. The Labute approximate surface area is 218 Å². The summed E-state index contributed by atoms with van der Waals surface area (Å²) in [6.45, 7) is 3.84. The molecule has 0 saturated heterocycles. The van der Waals surface area contributed by atoms with Crippen molar-refractivity contribution in [2.24, 2.45) is 0 Å². The van der Waals surface area contributed by atoms with Gasteiger partial charge >= 0.3 is 5.97 Å². The molecule has 7 heteroatoms. The first-order valence-corrected chi connectivity index (χ1v) is 12.0. The van der Waals surface area contributed by atoms with Crippen molar-refractivity contribution in [2.45, 2.75) is 19.4 Å². The number of carbonyl (C=O) groups excluding carboxylic acids is 2. The average molecular weight is 549 g/mol. The Balaban J connectivity index is 1.59. The highest BCUT2D eigenvalue weighted by Crippen LogP contribution is 2.40. The Morgan fingerprint density at radius 1 is 0.917 bits per heavy atom. The van der Waals surface area contributed by atoms with Crippen LogP contribution in [0.5, 0.6) is 23.0 Å². The van der Waals surface area contributed by atoms with E-state index in [1.165, 1.54) is 13.2 Å². The predicted octanol–water partition coefficient (Wildman–Crippen LogP) is 6.77. The molecule has 4 rings (SSSR count). The maximum Gasteiger partial charge on any atom is 0.343 e. The van der Waals surface area contributed by atoms with Gasteiger partial charge < -0.3 is 18.9 Å². The molecule has 0 atom stereocenters. The minimum Gasteiger partial charge on any atom is -0.496 e. The molecule has 184 valence electrons. The second-order valence-corrected chi connectivity index (χ2v) is 9.52. The molecule has 0 aromatic heterocycles. The summed E-state index contributed by atoms with van der Waals surface area (Å²) in [5.74, 6) is 1.01. The van der Waals surface area contributed by atoms with E-state index in [9.17, 15) is 9.59 Å². The van der Waals surface area contributed by atoms with Crippen molar-refractivity contribution in [1.82, 2.24) is 0 Å². The lowest BCUT2D eigenvalue weighted by Crippen LogP contribution is -2.28. The molecule has 1 aliphatic heterocycles. The van der Waals surface area contributed by atoms with Crippen LogP contribution in [0.25, 0.3) is 12.2 Å². The Hall–Kier alpha value is -3.84. The number of allylic oxidation sites excluding steroid dienone is 1. The van der Waals surface area contributed by atoms with Gasteiger partial charge in [0.2, 0.25) is 0 Å². The van der Waals surface area contributed by atoms with Gasteiger partial charge in [0.15, 0.2) is 17.3 Å². The zero-order valence-electron chi connectivity index (χ0n) is 20.3. The fourth-order valence-corrected chi connectivity index (χ4v) is 3.95. The third-order valence-electron chi connectivity index (χ3n) is 5.56. The van der Waals surface area contributed by atoms with Gasteiger partial charge in [0.25, 0.3) is 0 Å². The molecule has 0 aliphatic carbocycles. The summed E-state index contributed by atoms with van der Waals surface area (Å²) in [4.78, 5) is 25.8. The van der Waals surface area contributed by atoms with Crippen LogP contribution in [-0.2, 0) is 0 Å². The summed E-state index contributed by atoms with van der Waals surface area (Å²) in [5.41, 5.74) is 1.66. The minimum absolute atomic E-state index is 0.232. The van der Waals surface area contributed by atoms with Crippen molar-refractivity contribution in [1.29, 1.82) is 0 Å². The Morgan fingerprint density at radius 2 is 1.61 bits per heavy atom. The van der Waals surface area contributed by atoms with Gasteiger partial charge in [0, 0.05) is 4.47 Å². The van der Waals surface area contributed by atoms with Crippen molar-refractivity contribution in [3.8, 4) is 23.0 Å². The maximum absolute atomic E-state index is 13.2. The van der Waals surface area contributed by atoms with Crippen LogP contribution in [0.4, 0.5) is 0 Å². The number of rotatable bonds is 7. The molecule has 0 amide bonds. The van der Waals surface area contributed by atoms with Crippen LogP contribution in [-0.4, -0.2) is 31.6 Å². The van der Waals surface area contributed by atoms with Gasteiger partial charge in [-0.25, -0.2) is 4.79 Å². The number of ether oxygens (including phenoxy) is 4. The van der Waals surface area contributed by atoms with Crippen LogP contribution in [0.15, 0.2) is 71.2 Å². The van der Waals surface area contributed by atoms with E-state index in [0.29, 0.717) is 33.9 Å². The lowest BCUT2D eigenvalue weighted by Gasteiger charge is -2.29. The molecular weight excluding hydrogens is 524 g/mol. The number of fused-ring (bicyclic) bond motifs is 1. The number of hydrogen-bond acceptors (Lipinski definition) is 6. The highest BCUT2D eigenvalue weighted by atomic mass is 79.9. The summed E-state index contributed by atoms with van der Waals surface area (Å²) < 4.78 is 23.3. The monoisotopic (exact) mass is 548 g/mol. The van der Waals surface area contributed by atoms with Gasteiger partial charge in [0.1, 0.15) is 17.1 Å². The summed E-state index contributed by atoms with van der Waals surface area (Å²) in [6.07, 6.45) is 6.95. The molecule has 3 aromatic rings. The fraction of sp³-hybridized carbons (Fsp3) is 0.172. The Morgan fingerprint density at radius 3 is 2.31 bits per heavy atom. The van der Waals surface area contributed by atoms with E-state index < -0.39 is 11.6 Å². The van der Waals surface area contributed by atoms with Gasteiger partial charge in [-0.2, -0.15) is 0 Å². The van der Waals surface area contributed by atoms with Crippen molar-refractivity contribution >= 4 is 39.8 Å². The van der Waals surface area contributed by atoms with E-state index in [0.717, 1.165) is 10.0 Å². The van der Waals surface area contributed by atoms with Crippen molar-refractivity contribution in [3.05, 3.63) is 93.5 Å². The van der Waals surface area contributed by atoms with E-state index in [4.69, 9.17) is 18.9 Å². The molecule has 1 aliphatic rings. The van der Waals surface area contributed by atoms with Crippen molar-refractivity contribution < 1.29 is 28.5 Å². The number of carbonyl (C=O) groups is 2. The third kappa shape index (κ3) is 5.52. The first-order chi connectivity index (χ1) is 17.2. The Kier molecular flexibility index (Phi) is 7.31. The Bertz CT molecular complexity index is 1370. The maximum atomic E-state index is 13.2. The quantitative estimate of drug-likeness (QED) is 0.140. The summed E-state index contributed by atoms with van der Waals surface area (Å²) in [7, 11) is 3.07. The topological polar surface area (TPSA) is 71.1 Å². The second-order valence-electron chi connectivity index (χ2n) is 8.60. The van der Waals surface area contributed by atoms with Gasteiger partial charge in [0.05, 0.1) is 30.9 Å². The van der Waals surface area contributed by atoms with Crippen LogP contribution in [0.3, 0.4) is 0 Å². The molecule has 0 unspecified atom stereocenters. The van der Waals surface area contributed by atoms with Gasteiger partial charge in [-0.05, 0) is 86.2 Å². The van der Waals surface area contributed by atoms with E-state index in [-0.39, 0.29) is 11.5 Å². The van der Waals surface area contributed by atoms with Crippen LogP contribution < -0.4 is 18.9 Å². The van der Waals surface area contributed by atoms with Gasteiger partial charge in [-0.3, -0.25) is 4.79 Å². The van der Waals surface area contributed by atoms with Gasteiger partial charge in [-0.1, -0.05) is 28.1 Å². The fourth-order valence-electron chi connectivity index (χ4n) is 3.69. The zero-order chi connectivity index (χ0) is 25.9. The van der Waals surface area contributed by atoms with Gasteiger partial charge in [-0.15, -0.1) is 0 Å². The molecule has 0 bridgehead atoms. The molecule has 36 heavy (non-hydrogen) atoms. The molecule has 1 heterocycles. The lowest BCUT2D eigenvalue weighted by molar-refractivity contribution is 0.0729. The number of methoxy groups -OCH3 is 2. The molecule has 0 fully saturated rings. The minimum atomic E-state index is -0.554. The van der Waals surface area contributed by atoms with Crippen molar-refractivity contribution in [2.75, 3.05) is 14.2 Å². The zero-order valence-corrected chi connectivity index (χ0v) is 21.9. The van der Waals surface area contributed by atoms with E-state index in [1.807, 2.05) is 26.0 Å². The molecule has 0 saturated carbocycles. The van der Waals surface area contributed by atoms with Crippen molar-refractivity contribution in [3.63, 3.8) is 0 Å². The normalized spacial score (nSPS) is 13.6. The summed E-state index contributed by atoms with van der Waals surface area (Å²) in [6, 6.07) is 15.4. The number of esters is 1. The summed E-state index contributed by atoms with van der Waals surface area (Å²) in [5, 5.41) is 0. The molecule has 6 nitrogen and oxygen atoms in total. The van der Waals surface area contributed by atoms with Crippen LogP contribution in [0, 0.1) is 0 Å². The molecule has 0 radical (unpaired) electrons. The third-order valence-corrected chi connectivity index (χ3v) is 6.08. The number of ketones is 1. The predicted molar refractivity (Wildman–Crippen MR) is 142 cm³/mol. The van der Waals surface area contributed by atoms with Crippen LogP contribution in [0.1, 0.15) is 45.7 Å². The number of halogens is 1. The second kappa shape index (κ2) is 10.4. The average Bonchev–Trinajstić information content (AvgIpc) is 2.86. The van der Waals surface area contributed by atoms with E-state index in [1.54, 1.807) is 67.8 Å². The summed E-state index contributed by atoms with van der Waals surface area (Å²) >= 11 is 3.35. The highest BCUT2D eigenvalue weighted by molar-refractivity contribution is 9.10. The number of hydrogen-bond donors (Lipinski definition) is 0. The first kappa shape index (κ1) is 25.3. The van der Waals surface area contributed by atoms with E-state index in [2.05, 4.69) is 15.9 Å². The number of benzene rings is 3. The van der Waals surface area contributed by atoms with Crippen LogP contribution in [0.2, 0.25) is 0 Å². The smallest absolute Gasteiger partial charge is 0.343 e. The lowest BCUT2D eigenvalue weighted by atomic mass is 9.97. The highest BCUT2D eigenvalue weighted by Gasteiger charge is 2.27. The molecule has 0 N–H and O–H groups in total. The molecule has 3 aromatic carbocycles. The molecule has 0 spiro atoms.